The molecule has 7 nitrogen and oxygen atoms in total. The minimum Gasteiger partial charge on any atom is -0.497 e. The molecular formula is C15H21O7P. The van der Waals surface area contributed by atoms with Crippen molar-refractivity contribution >= 4 is 19.3 Å². The average Bonchev–Trinajstić information content (AvgIpc) is 2.53. The van der Waals surface area contributed by atoms with Gasteiger partial charge in [0.1, 0.15) is 11.9 Å². The van der Waals surface area contributed by atoms with Crippen LogP contribution >= 0.6 is 7.60 Å². The maximum atomic E-state index is 12.2. The number of ketones is 1. The molecule has 0 heterocycles. The second kappa shape index (κ2) is 9.45. The maximum Gasteiger partial charge on any atom is 0.341 e. The summed E-state index contributed by atoms with van der Waals surface area (Å²) in [6.07, 6.45) is -0.523. The van der Waals surface area contributed by atoms with Crippen LogP contribution in [-0.2, 0) is 23.1 Å². The summed E-state index contributed by atoms with van der Waals surface area (Å²) in [6.45, 7) is 3.14. The number of Topliss-reactive ketones (excluding diaryl/α,β-unsaturated/α-hetero) is 1. The van der Waals surface area contributed by atoms with Gasteiger partial charge in [-0.25, -0.2) is 0 Å². The van der Waals surface area contributed by atoms with Crippen LogP contribution < -0.4 is 4.74 Å². The van der Waals surface area contributed by atoms with Crippen LogP contribution in [0.25, 0.3) is 0 Å². The molecule has 0 saturated carbocycles. The molecule has 0 atom stereocenters. The van der Waals surface area contributed by atoms with Crippen LogP contribution in [0.4, 0.5) is 0 Å². The number of hydrogen-bond acceptors (Lipinski definition) is 7. The van der Waals surface area contributed by atoms with Gasteiger partial charge in [-0.1, -0.05) is 0 Å². The van der Waals surface area contributed by atoms with Crippen LogP contribution in [0.2, 0.25) is 0 Å². The van der Waals surface area contributed by atoms with Gasteiger partial charge in [-0.05, 0) is 38.1 Å². The van der Waals surface area contributed by atoms with Gasteiger partial charge in [0.15, 0.2) is 12.4 Å². The highest BCUT2D eigenvalue weighted by atomic mass is 31.2. The Bertz CT molecular complexity index is 558. The Labute approximate surface area is 135 Å². The second-order valence-electron chi connectivity index (χ2n) is 4.42. The number of esters is 1. The zero-order chi connectivity index (χ0) is 17.3. The summed E-state index contributed by atoms with van der Waals surface area (Å²) >= 11 is 0. The third-order valence-electron chi connectivity index (χ3n) is 2.75. The number of ether oxygens (including phenoxy) is 2. The second-order valence-corrected chi connectivity index (χ2v) is 6.47. The van der Waals surface area contributed by atoms with E-state index in [4.69, 9.17) is 18.5 Å². The fourth-order valence-electron chi connectivity index (χ4n) is 1.73. The molecule has 0 bridgehead atoms. The van der Waals surface area contributed by atoms with E-state index in [9.17, 15) is 14.2 Å². The molecule has 0 aliphatic heterocycles. The smallest absolute Gasteiger partial charge is 0.341 e. The molecule has 8 heteroatoms. The van der Waals surface area contributed by atoms with E-state index < -0.39 is 26.3 Å². The quantitative estimate of drug-likeness (QED) is 0.366. The Morgan fingerprint density at radius 1 is 1.04 bits per heavy atom. The topological polar surface area (TPSA) is 88.1 Å². The monoisotopic (exact) mass is 344 g/mol. The largest absolute Gasteiger partial charge is 0.497 e. The first-order chi connectivity index (χ1) is 10.9. The lowest BCUT2D eigenvalue weighted by Gasteiger charge is -2.15. The van der Waals surface area contributed by atoms with E-state index in [1.165, 1.54) is 7.11 Å². The van der Waals surface area contributed by atoms with Crippen molar-refractivity contribution in [1.29, 1.82) is 0 Å². The van der Waals surface area contributed by atoms with E-state index in [1.54, 1.807) is 38.1 Å². The van der Waals surface area contributed by atoms with Crippen molar-refractivity contribution in [2.24, 2.45) is 0 Å². The van der Waals surface area contributed by atoms with Gasteiger partial charge >= 0.3 is 13.6 Å². The molecule has 1 aromatic carbocycles. The zero-order valence-electron chi connectivity index (χ0n) is 13.4. The maximum absolute atomic E-state index is 12.2. The number of hydrogen-bond donors (Lipinski definition) is 0. The van der Waals surface area contributed by atoms with Gasteiger partial charge in [-0.2, -0.15) is 0 Å². The Balaban J connectivity index is 2.54. The van der Waals surface area contributed by atoms with Crippen molar-refractivity contribution in [3.8, 4) is 5.75 Å². The molecule has 0 aliphatic carbocycles. The first-order valence-corrected chi connectivity index (χ1v) is 8.88. The minimum absolute atomic E-state index is 0.148. The molecule has 0 spiro atoms. The van der Waals surface area contributed by atoms with Crippen LogP contribution in [0.3, 0.4) is 0 Å². The van der Waals surface area contributed by atoms with Crippen molar-refractivity contribution < 1.29 is 32.7 Å². The standard InChI is InChI=1S/C15H21O7P/c1-4-21-23(18,22-5-2)11-15(17)20-10-14(16)12-6-8-13(19-3)9-7-12/h6-9H,4-5,10-11H2,1-3H3. The number of rotatable bonds is 10. The molecule has 23 heavy (non-hydrogen) atoms. The fraction of sp³-hybridized carbons (Fsp3) is 0.467. The molecule has 0 fully saturated rings. The number of carbonyl (C=O) groups is 2. The first-order valence-electron chi connectivity index (χ1n) is 7.15. The van der Waals surface area contributed by atoms with Gasteiger partial charge in [0, 0.05) is 5.56 Å². The Morgan fingerprint density at radius 2 is 1.61 bits per heavy atom. The van der Waals surface area contributed by atoms with Crippen molar-refractivity contribution in [3.05, 3.63) is 29.8 Å². The fourth-order valence-corrected chi connectivity index (χ4v) is 3.18. The van der Waals surface area contributed by atoms with Crippen molar-refractivity contribution in [3.63, 3.8) is 0 Å². The van der Waals surface area contributed by atoms with Crippen LogP contribution in [0.15, 0.2) is 24.3 Å². The SMILES string of the molecule is CCOP(=O)(CC(=O)OCC(=O)c1ccc(OC)cc1)OCC. The lowest BCUT2D eigenvalue weighted by atomic mass is 10.1. The highest BCUT2D eigenvalue weighted by Gasteiger charge is 2.28. The van der Waals surface area contributed by atoms with Gasteiger partial charge in [-0.15, -0.1) is 0 Å². The Morgan fingerprint density at radius 3 is 2.09 bits per heavy atom. The van der Waals surface area contributed by atoms with Gasteiger partial charge < -0.3 is 18.5 Å². The van der Waals surface area contributed by atoms with Gasteiger partial charge in [-0.3, -0.25) is 14.2 Å². The molecular weight excluding hydrogens is 323 g/mol. The third-order valence-corrected chi connectivity index (χ3v) is 4.70. The predicted octanol–water partition coefficient (Wildman–Crippen LogP) is 2.69. The molecule has 0 radical (unpaired) electrons. The Hall–Kier alpha value is -1.69. The molecule has 128 valence electrons. The van der Waals surface area contributed by atoms with E-state index in [1.807, 2.05) is 0 Å². The van der Waals surface area contributed by atoms with Crippen LogP contribution in [0.1, 0.15) is 24.2 Å². The zero-order valence-corrected chi connectivity index (χ0v) is 14.3. The van der Waals surface area contributed by atoms with Crippen molar-refractivity contribution in [1.82, 2.24) is 0 Å². The summed E-state index contributed by atoms with van der Waals surface area (Å²) in [7, 11) is -2.00. The molecule has 0 unspecified atom stereocenters. The van der Waals surface area contributed by atoms with E-state index in [-0.39, 0.29) is 19.0 Å². The summed E-state index contributed by atoms with van der Waals surface area (Å²) in [6, 6.07) is 6.40. The summed E-state index contributed by atoms with van der Waals surface area (Å²) < 4.78 is 32.0. The minimum atomic E-state index is -3.52. The van der Waals surface area contributed by atoms with Crippen LogP contribution in [0, 0.1) is 0 Å². The highest BCUT2D eigenvalue weighted by molar-refractivity contribution is 7.54. The van der Waals surface area contributed by atoms with Crippen molar-refractivity contribution in [2.45, 2.75) is 13.8 Å². The van der Waals surface area contributed by atoms with E-state index in [2.05, 4.69) is 0 Å². The molecule has 0 N–H and O–H groups in total. The predicted molar refractivity (Wildman–Crippen MR) is 84.0 cm³/mol. The molecule has 1 aromatic rings. The molecule has 0 aliphatic rings. The van der Waals surface area contributed by atoms with E-state index in [0.29, 0.717) is 11.3 Å². The van der Waals surface area contributed by atoms with Gasteiger partial charge in [0.2, 0.25) is 0 Å². The number of methoxy groups -OCH3 is 1. The molecule has 1 rings (SSSR count). The number of carbonyl (C=O) groups excluding carboxylic acids is 2. The van der Waals surface area contributed by atoms with Crippen LogP contribution in [0.5, 0.6) is 5.75 Å². The Kier molecular flexibility index (Phi) is 7.95. The summed E-state index contributed by atoms with van der Waals surface area (Å²) in [5, 5.41) is 0. The lowest BCUT2D eigenvalue weighted by Crippen LogP contribution is -2.18. The molecule has 0 saturated heterocycles. The van der Waals surface area contributed by atoms with E-state index in [0.717, 1.165) is 0 Å². The lowest BCUT2D eigenvalue weighted by molar-refractivity contribution is -0.139. The highest BCUT2D eigenvalue weighted by Crippen LogP contribution is 2.47. The third kappa shape index (κ3) is 6.52. The average molecular weight is 344 g/mol. The van der Waals surface area contributed by atoms with Gasteiger partial charge in [0.25, 0.3) is 0 Å². The van der Waals surface area contributed by atoms with Gasteiger partial charge in [0.05, 0.1) is 20.3 Å². The summed E-state index contributed by atoms with van der Waals surface area (Å²) in [5.74, 6) is -0.561. The normalized spacial score (nSPS) is 11.1. The molecule has 0 aromatic heterocycles. The van der Waals surface area contributed by atoms with Crippen LogP contribution in [-0.4, -0.2) is 44.8 Å². The van der Waals surface area contributed by atoms with Crippen molar-refractivity contribution in [2.75, 3.05) is 33.1 Å². The summed E-state index contributed by atoms with van der Waals surface area (Å²) in [5.41, 5.74) is 0.386. The first kappa shape index (κ1) is 19.4. The number of benzene rings is 1. The molecule has 0 amide bonds. The summed E-state index contributed by atoms with van der Waals surface area (Å²) in [4.78, 5) is 23.6. The van der Waals surface area contributed by atoms with E-state index >= 15 is 0 Å².